The molecule has 31 atom stereocenters. The van der Waals surface area contributed by atoms with E-state index in [1.807, 2.05) is 0 Å². The number of aliphatic hydroxyl groups excluding tert-OH is 2. The number of rotatable bonds is 4. The Morgan fingerprint density at radius 1 is 0.525 bits per heavy atom. The average molecular weight is 1120 g/mol. The summed E-state index contributed by atoms with van der Waals surface area (Å²) in [6, 6.07) is 0. The van der Waals surface area contributed by atoms with E-state index in [1.165, 1.54) is 0 Å². The van der Waals surface area contributed by atoms with Crippen molar-refractivity contribution in [1.29, 1.82) is 0 Å². The van der Waals surface area contributed by atoms with Crippen molar-refractivity contribution in [2.45, 2.75) is 314 Å². The zero-order chi connectivity index (χ0) is 54.7. The molecule has 2 unspecified atom stereocenters. The third kappa shape index (κ3) is 9.51. The van der Waals surface area contributed by atoms with E-state index < -0.39 is 66.2 Å². The fourth-order valence-electron chi connectivity index (χ4n) is 18.3. The molecule has 0 aliphatic carbocycles. The van der Waals surface area contributed by atoms with Crippen LogP contribution in [0.5, 0.6) is 0 Å². The third-order valence-corrected chi connectivity index (χ3v) is 22.0. The molecule has 19 nitrogen and oxygen atoms in total. The maximum absolute atomic E-state index is 14.6. The molecule has 3 spiro atoms. The number of ether oxygens (including phenoxy) is 15. The Kier molecular flexibility index (Phi) is 14.0. The highest BCUT2D eigenvalue weighted by atomic mass is 16.8. The minimum atomic E-state index is -0.939. The molecule has 0 aromatic heterocycles. The minimum absolute atomic E-state index is 0.0122. The van der Waals surface area contributed by atoms with E-state index in [2.05, 4.69) is 40.9 Å². The highest BCUT2D eigenvalue weighted by Crippen LogP contribution is 2.58. The number of fused-ring (bicyclic) bond motifs is 10. The van der Waals surface area contributed by atoms with Crippen molar-refractivity contribution in [3.8, 4) is 0 Å². The lowest BCUT2D eigenvalue weighted by atomic mass is 9.78. The highest BCUT2D eigenvalue weighted by molar-refractivity contribution is 5.79. The van der Waals surface area contributed by atoms with Gasteiger partial charge >= 0.3 is 5.97 Å². The quantitative estimate of drug-likeness (QED) is 0.262. The van der Waals surface area contributed by atoms with Crippen LogP contribution in [0.1, 0.15) is 150 Å². The summed E-state index contributed by atoms with van der Waals surface area (Å²) < 4.78 is 104. The first-order chi connectivity index (χ1) is 38.5. The van der Waals surface area contributed by atoms with Gasteiger partial charge in [-0.15, -0.1) is 0 Å². The van der Waals surface area contributed by atoms with E-state index in [9.17, 15) is 19.8 Å². The summed E-state index contributed by atoms with van der Waals surface area (Å²) in [5.74, 6) is -3.05. The van der Waals surface area contributed by atoms with Gasteiger partial charge in [0, 0.05) is 83.2 Å². The summed E-state index contributed by atoms with van der Waals surface area (Å²) >= 11 is 0. The molecule has 2 N–H and O–H groups in total. The molecule has 16 saturated heterocycles. The first-order valence-electron chi connectivity index (χ1n) is 31.2. The van der Waals surface area contributed by atoms with Crippen LogP contribution in [0.4, 0.5) is 0 Å². The van der Waals surface area contributed by atoms with Crippen LogP contribution in [0, 0.1) is 23.7 Å². The molecule has 16 aliphatic heterocycles. The predicted molar refractivity (Wildman–Crippen MR) is 277 cm³/mol. The van der Waals surface area contributed by atoms with Crippen molar-refractivity contribution in [3.63, 3.8) is 0 Å². The standard InChI is InChI=1S/C61H86O19/c1-27-15-34-7-9-38-28(2)16-36(66-38)11-13-59-25-47-55(79-59)56-57(73-47)58(80-59)54-39(70-56)10-8-35(68-54)18-49(65)74-53-32(6)52-44(69-43(53)20-40(67-34)31(27)5)21-42-46(72-52)24-61(75-42)26-48-51(78-61)30(4)23-60(77-48)22-29(3)50-45(76-60)19-37(64)41(71-50)17-33(63)12-14-62/h27,29-30,32,34-48,50-58,62,64H,2,5,7-26H2,1,3-4,6H3/t27-,29+,30+,32-,34-,35-,36-,37+,38-,39+,40-,41-,42+,43+,44+,45+,46+,47-,48-,50-,51+,52+,53-,54+,55+,56+,57-,58+,59-,60?,61?/m1/s1. The molecular weight excluding hydrogens is 1040 g/mol. The number of aliphatic hydroxyl groups is 2. The van der Waals surface area contributed by atoms with Gasteiger partial charge in [0.25, 0.3) is 0 Å². The Labute approximate surface area is 469 Å². The zero-order valence-electron chi connectivity index (χ0n) is 47.1. The van der Waals surface area contributed by atoms with Crippen molar-refractivity contribution >= 4 is 11.8 Å². The van der Waals surface area contributed by atoms with Gasteiger partial charge in [-0.05, 0) is 73.8 Å². The van der Waals surface area contributed by atoms with Crippen molar-refractivity contribution in [1.82, 2.24) is 0 Å². The molecule has 0 radical (unpaired) electrons. The van der Waals surface area contributed by atoms with Crippen LogP contribution in [0.25, 0.3) is 0 Å². The molecule has 80 heavy (non-hydrogen) atoms. The van der Waals surface area contributed by atoms with Gasteiger partial charge in [-0.1, -0.05) is 40.9 Å². The van der Waals surface area contributed by atoms with E-state index >= 15 is 0 Å². The summed E-state index contributed by atoms with van der Waals surface area (Å²) in [6.45, 7) is 17.6. The molecular formula is C61H86O19. The molecule has 0 saturated carbocycles. The van der Waals surface area contributed by atoms with Crippen LogP contribution >= 0.6 is 0 Å². The summed E-state index contributed by atoms with van der Waals surface area (Å²) in [4.78, 5) is 27.0. The Morgan fingerprint density at radius 2 is 1.20 bits per heavy atom. The molecule has 0 amide bonds. The van der Waals surface area contributed by atoms with Crippen LogP contribution in [-0.2, 0) is 80.6 Å². The average Bonchev–Trinajstić information content (AvgIpc) is 4.25. The van der Waals surface area contributed by atoms with Gasteiger partial charge in [-0.3, -0.25) is 9.59 Å². The fraction of sp³-hybridized carbons (Fsp3) is 0.902. The maximum Gasteiger partial charge on any atom is 0.308 e. The van der Waals surface area contributed by atoms with Crippen LogP contribution in [-0.4, -0.2) is 192 Å². The van der Waals surface area contributed by atoms with E-state index in [-0.39, 0.29) is 159 Å². The fourth-order valence-corrected chi connectivity index (χ4v) is 18.3. The van der Waals surface area contributed by atoms with E-state index in [4.69, 9.17) is 71.1 Å². The van der Waals surface area contributed by atoms with E-state index in [1.54, 1.807) is 0 Å². The predicted octanol–water partition coefficient (Wildman–Crippen LogP) is 5.52. The van der Waals surface area contributed by atoms with Crippen LogP contribution < -0.4 is 0 Å². The van der Waals surface area contributed by atoms with Crippen molar-refractivity contribution < 1.29 is 90.9 Å². The molecule has 16 aliphatic rings. The van der Waals surface area contributed by atoms with E-state index in [0.29, 0.717) is 64.2 Å². The number of esters is 1. The Balaban J connectivity index is 0.652. The van der Waals surface area contributed by atoms with Gasteiger partial charge in [-0.2, -0.15) is 0 Å². The zero-order valence-corrected chi connectivity index (χ0v) is 47.1. The molecule has 19 heteroatoms. The summed E-state index contributed by atoms with van der Waals surface area (Å²) in [6.07, 6.45) is 2.59. The van der Waals surface area contributed by atoms with Crippen molar-refractivity contribution in [3.05, 3.63) is 24.3 Å². The molecule has 16 heterocycles. The van der Waals surface area contributed by atoms with Gasteiger partial charge in [0.15, 0.2) is 17.4 Å². The highest BCUT2D eigenvalue weighted by Gasteiger charge is 2.70. The van der Waals surface area contributed by atoms with Gasteiger partial charge < -0.3 is 81.3 Å². The molecule has 16 fully saturated rings. The minimum Gasteiger partial charge on any atom is -0.459 e. The van der Waals surface area contributed by atoms with Crippen LogP contribution in [0.15, 0.2) is 24.3 Å². The molecule has 444 valence electrons. The van der Waals surface area contributed by atoms with Crippen molar-refractivity contribution in [2.75, 3.05) is 6.61 Å². The number of carbonyl (C=O) groups excluding carboxylic acids is 2. The number of hydrogen-bond acceptors (Lipinski definition) is 19. The molecule has 0 aromatic carbocycles. The monoisotopic (exact) mass is 1120 g/mol. The Morgan fingerprint density at radius 3 is 2.05 bits per heavy atom. The number of Topliss-reactive ketones (excluding diaryl/α,β-unsaturated/α-hetero) is 1. The largest absolute Gasteiger partial charge is 0.459 e. The first-order valence-corrected chi connectivity index (χ1v) is 31.2. The first kappa shape index (κ1) is 54.6. The third-order valence-electron chi connectivity index (χ3n) is 22.0. The van der Waals surface area contributed by atoms with Gasteiger partial charge in [-0.25, -0.2) is 0 Å². The second-order valence-electron chi connectivity index (χ2n) is 27.7. The second-order valence-corrected chi connectivity index (χ2v) is 27.7. The number of ketones is 1. The second kappa shape index (κ2) is 20.6. The lowest BCUT2D eigenvalue weighted by Gasteiger charge is -2.54. The lowest BCUT2D eigenvalue weighted by molar-refractivity contribution is -0.371. The van der Waals surface area contributed by atoms with Gasteiger partial charge in [0.2, 0.25) is 0 Å². The van der Waals surface area contributed by atoms with Gasteiger partial charge in [0.1, 0.15) is 42.4 Å². The number of carbonyl (C=O) groups is 2. The topological polar surface area (TPSA) is 213 Å². The van der Waals surface area contributed by atoms with E-state index in [0.717, 1.165) is 49.7 Å². The molecule has 0 aromatic rings. The lowest BCUT2D eigenvalue weighted by Crippen LogP contribution is -2.62. The maximum atomic E-state index is 14.6. The summed E-state index contributed by atoms with van der Waals surface area (Å²) in [7, 11) is 0. The smallest absolute Gasteiger partial charge is 0.308 e. The van der Waals surface area contributed by atoms with Crippen LogP contribution in [0.3, 0.4) is 0 Å². The molecule has 16 rings (SSSR count). The van der Waals surface area contributed by atoms with Crippen molar-refractivity contribution in [2.24, 2.45) is 23.7 Å². The Hall–Kier alpha value is -2.02. The normalized spacial score (nSPS) is 56.9. The number of hydrogen-bond donors (Lipinski definition) is 2. The molecule has 12 bridgehead atoms. The summed E-state index contributed by atoms with van der Waals surface area (Å²) in [5, 5.41) is 20.4. The Bertz CT molecular complexity index is 2410. The van der Waals surface area contributed by atoms with Crippen LogP contribution in [0.2, 0.25) is 0 Å². The summed E-state index contributed by atoms with van der Waals surface area (Å²) in [5.41, 5.74) is 2.15. The van der Waals surface area contributed by atoms with Gasteiger partial charge in [0.05, 0.1) is 116 Å². The SMILES string of the molecule is C=C1C[C@H]2CC[C@]34C[C@H]5O[C@H]6[C@@H](O3)[C@H]3O[C@H](CC[C@@H]3O[C@H]6[C@H]5O4)CC(=O)O[C@@H]3[C@H](C)[C@@H]4O[C@H]5CC6(C[C@H]7OC8(C[C@H](C)[C@H]9O[C@H](CC(=O)CCO)[C@@H](O)C[C@@H]9O8)C[C@H](C)[C@@H]7O6)O[C@H]5C[C@@H]4O[C@H]3C[C@H]3O[C@H](CC[C@H]1O2)C[C@@H](C)C3=C.